The molecule has 1 aromatic carbocycles. The molecule has 0 aliphatic carbocycles. The van der Waals surface area contributed by atoms with Crippen LogP contribution >= 0.6 is 0 Å². The first-order valence-electron chi connectivity index (χ1n) is 9.70. The average molecular weight is 420 g/mol. The zero-order valence-corrected chi connectivity index (χ0v) is 17.2. The summed E-state index contributed by atoms with van der Waals surface area (Å²) in [4.78, 5) is 4.21. The Kier molecular flexibility index (Phi) is 5.89. The van der Waals surface area contributed by atoms with Gasteiger partial charge in [0.15, 0.2) is 11.5 Å². The molecule has 1 unspecified atom stereocenters. The van der Waals surface area contributed by atoms with Gasteiger partial charge in [-0.25, -0.2) is 4.98 Å². The molecule has 29 heavy (non-hydrogen) atoms. The summed E-state index contributed by atoms with van der Waals surface area (Å²) in [6.07, 6.45) is 3.58. The highest BCUT2D eigenvalue weighted by Gasteiger charge is 2.26. The Labute approximate surface area is 171 Å². The van der Waals surface area contributed by atoms with E-state index in [0.29, 0.717) is 37.2 Å². The maximum Gasteiger partial charge on any atom is 0.279 e. The number of ether oxygens (including phenoxy) is 3. The second-order valence-electron chi connectivity index (χ2n) is 7.41. The van der Waals surface area contributed by atoms with E-state index in [2.05, 4.69) is 16.6 Å². The van der Waals surface area contributed by atoms with Gasteiger partial charge in [0.1, 0.15) is 6.61 Å². The van der Waals surface area contributed by atoms with Crippen molar-refractivity contribution in [3.8, 4) is 17.4 Å². The minimum atomic E-state index is -3.49. The second-order valence-corrected chi connectivity index (χ2v) is 9.17. The van der Waals surface area contributed by atoms with E-state index in [1.54, 1.807) is 18.3 Å². The molecule has 1 saturated heterocycles. The largest absolute Gasteiger partial charge is 0.473 e. The molecular weight excluding hydrogens is 394 g/mol. The van der Waals surface area contributed by atoms with Gasteiger partial charge in [0.2, 0.25) is 12.7 Å². The Bertz CT molecular complexity index is 966. The van der Waals surface area contributed by atoms with Crippen LogP contribution in [0.2, 0.25) is 0 Å². The van der Waals surface area contributed by atoms with Crippen LogP contribution in [0.25, 0.3) is 0 Å². The third-order valence-electron chi connectivity index (χ3n) is 5.04. The molecule has 2 aliphatic rings. The molecule has 1 N–H and O–H groups in total. The van der Waals surface area contributed by atoms with Gasteiger partial charge in [0.05, 0.1) is 0 Å². The van der Waals surface area contributed by atoms with Crippen molar-refractivity contribution < 1.29 is 22.6 Å². The van der Waals surface area contributed by atoms with Gasteiger partial charge in [-0.2, -0.15) is 17.4 Å². The molecule has 0 radical (unpaired) electrons. The normalized spacial score (nSPS) is 19.3. The molecule has 8 nitrogen and oxygen atoms in total. The zero-order valence-electron chi connectivity index (χ0n) is 16.3. The van der Waals surface area contributed by atoms with E-state index in [4.69, 9.17) is 14.2 Å². The third-order valence-corrected chi connectivity index (χ3v) is 6.56. The number of nitrogens with one attached hydrogen (secondary N) is 1. The summed E-state index contributed by atoms with van der Waals surface area (Å²) >= 11 is 0. The lowest BCUT2D eigenvalue weighted by atomic mass is 10.0. The topological polar surface area (TPSA) is 90.0 Å². The summed E-state index contributed by atoms with van der Waals surface area (Å²) in [6, 6.07) is 9.15. The minimum absolute atomic E-state index is 0.191. The lowest BCUT2D eigenvalue weighted by Gasteiger charge is -2.30. The van der Waals surface area contributed by atoms with Crippen molar-refractivity contribution in [2.75, 3.05) is 19.9 Å². The van der Waals surface area contributed by atoms with Gasteiger partial charge in [-0.3, -0.25) is 0 Å². The van der Waals surface area contributed by atoms with Gasteiger partial charge >= 0.3 is 0 Å². The van der Waals surface area contributed by atoms with E-state index in [0.717, 1.165) is 29.7 Å². The van der Waals surface area contributed by atoms with Crippen LogP contribution in [0, 0.1) is 5.92 Å². The summed E-state index contributed by atoms with van der Waals surface area (Å²) < 4.78 is 45.7. The van der Waals surface area contributed by atoms with E-state index in [1.807, 2.05) is 18.2 Å². The van der Waals surface area contributed by atoms with Crippen LogP contribution in [0.5, 0.6) is 17.4 Å². The Hall–Kier alpha value is -2.36. The molecule has 156 valence electrons. The van der Waals surface area contributed by atoms with E-state index in [1.165, 1.54) is 4.31 Å². The number of pyridine rings is 1. The predicted molar refractivity (Wildman–Crippen MR) is 107 cm³/mol. The van der Waals surface area contributed by atoms with Gasteiger partial charge in [0, 0.05) is 31.9 Å². The average Bonchev–Trinajstić information content (AvgIpc) is 3.19. The summed E-state index contributed by atoms with van der Waals surface area (Å²) in [6.45, 7) is 3.96. The highest BCUT2D eigenvalue weighted by molar-refractivity contribution is 7.87. The monoisotopic (exact) mass is 419 g/mol. The molecule has 1 fully saturated rings. The van der Waals surface area contributed by atoms with Crippen molar-refractivity contribution in [3.63, 3.8) is 0 Å². The molecule has 3 heterocycles. The van der Waals surface area contributed by atoms with Crippen molar-refractivity contribution >= 4 is 10.2 Å². The maximum atomic E-state index is 12.5. The first-order valence-corrected chi connectivity index (χ1v) is 11.1. The first-order chi connectivity index (χ1) is 14.0. The Morgan fingerprint density at radius 1 is 1.21 bits per heavy atom. The molecule has 9 heteroatoms. The lowest BCUT2D eigenvalue weighted by molar-refractivity contribution is 0.174. The molecule has 0 amide bonds. The highest BCUT2D eigenvalue weighted by Crippen LogP contribution is 2.32. The number of benzene rings is 1. The maximum absolute atomic E-state index is 12.5. The fourth-order valence-electron chi connectivity index (χ4n) is 3.46. The Morgan fingerprint density at radius 2 is 2.07 bits per heavy atom. The smallest absolute Gasteiger partial charge is 0.279 e. The number of fused-ring (bicyclic) bond motifs is 1. The standard InChI is InChI=1S/C20H25N3O5S/c1-15-3-2-8-23(12-15)29(24,25)22-11-16-6-7-21-20(10-16)26-13-17-4-5-18-19(9-17)28-14-27-18/h4-7,9-10,15,22H,2-3,8,11-14H2,1H3. The van der Waals surface area contributed by atoms with Gasteiger partial charge in [-0.15, -0.1) is 0 Å². The highest BCUT2D eigenvalue weighted by atomic mass is 32.2. The molecule has 1 aromatic heterocycles. The van der Waals surface area contributed by atoms with Crippen LogP contribution < -0.4 is 18.9 Å². The van der Waals surface area contributed by atoms with Crippen LogP contribution in [-0.4, -0.2) is 37.6 Å². The molecule has 0 saturated carbocycles. The molecule has 1 atom stereocenters. The fourth-order valence-corrected chi connectivity index (χ4v) is 4.81. The van der Waals surface area contributed by atoms with Crippen LogP contribution in [0.4, 0.5) is 0 Å². The number of hydrogen-bond acceptors (Lipinski definition) is 6. The van der Waals surface area contributed by atoms with Crippen LogP contribution in [-0.2, 0) is 23.4 Å². The summed E-state index contributed by atoms with van der Waals surface area (Å²) in [5, 5.41) is 0. The van der Waals surface area contributed by atoms with E-state index >= 15 is 0 Å². The van der Waals surface area contributed by atoms with Crippen LogP contribution in [0.3, 0.4) is 0 Å². The SMILES string of the molecule is CC1CCCN(S(=O)(=O)NCc2ccnc(OCc3ccc4c(c3)OCO4)c2)C1. The minimum Gasteiger partial charge on any atom is -0.473 e. The van der Waals surface area contributed by atoms with Crippen molar-refractivity contribution in [1.29, 1.82) is 0 Å². The first kappa shape index (κ1) is 19.9. The number of nitrogens with zero attached hydrogens (tertiary/aromatic N) is 2. The van der Waals surface area contributed by atoms with E-state index in [9.17, 15) is 8.42 Å². The van der Waals surface area contributed by atoms with Gasteiger partial charge < -0.3 is 14.2 Å². The Balaban J connectivity index is 1.33. The number of piperidine rings is 1. The molecule has 4 rings (SSSR count). The quantitative estimate of drug-likeness (QED) is 0.742. The van der Waals surface area contributed by atoms with Crippen LogP contribution in [0.1, 0.15) is 30.9 Å². The summed E-state index contributed by atoms with van der Waals surface area (Å²) in [5.74, 6) is 2.25. The molecule has 0 spiro atoms. The van der Waals surface area contributed by atoms with Crippen molar-refractivity contribution in [2.45, 2.75) is 32.9 Å². The Morgan fingerprint density at radius 3 is 2.93 bits per heavy atom. The van der Waals surface area contributed by atoms with E-state index < -0.39 is 10.2 Å². The molecular formula is C20H25N3O5S. The third kappa shape index (κ3) is 4.98. The summed E-state index contributed by atoms with van der Waals surface area (Å²) in [7, 11) is -3.49. The predicted octanol–water partition coefficient (Wildman–Crippen LogP) is 2.46. The van der Waals surface area contributed by atoms with Gasteiger partial charge in [-0.05, 0) is 48.1 Å². The molecule has 2 aromatic rings. The summed E-state index contributed by atoms with van der Waals surface area (Å²) in [5.41, 5.74) is 1.72. The van der Waals surface area contributed by atoms with Gasteiger partial charge in [-0.1, -0.05) is 13.0 Å². The van der Waals surface area contributed by atoms with Crippen molar-refractivity contribution in [1.82, 2.24) is 14.0 Å². The zero-order chi connectivity index (χ0) is 20.3. The lowest BCUT2D eigenvalue weighted by Crippen LogP contribution is -2.45. The second kappa shape index (κ2) is 8.56. The number of rotatable bonds is 7. The van der Waals surface area contributed by atoms with E-state index in [-0.39, 0.29) is 13.3 Å². The number of aromatic nitrogens is 1. The fraction of sp³-hybridized carbons (Fsp3) is 0.450. The molecule has 2 aliphatic heterocycles. The van der Waals surface area contributed by atoms with Crippen molar-refractivity contribution in [2.24, 2.45) is 5.92 Å². The number of hydrogen-bond donors (Lipinski definition) is 1. The molecule has 0 bridgehead atoms. The van der Waals surface area contributed by atoms with Gasteiger partial charge in [0.25, 0.3) is 10.2 Å². The van der Waals surface area contributed by atoms with Crippen molar-refractivity contribution in [3.05, 3.63) is 47.7 Å². The van der Waals surface area contributed by atoms with Crippen LogP contribution in [0.15, 0.2) is 36.5 Å².